The third kappa shape index (κ3) is 2.25. The zero-order valence-electron chi connectivity index (χ0n) is 9.91. The van der Waals surface area contributed by atoms with Crippen molar-refractivity contribution < 1.29 is 0 Å². The Morgan fingerprint density at radius 3 is 2.56 bits per heavy atom. The second-order valence-corrected chi connectivity index (χ2v) is 5.55. The molecule has 1 aliphatic carbocycles. The molecule has 88 valence electrons. The quantitative estimate of drug-likeness (QED) is 0.920. The number of benzene rings is 1. The predicted octanol–water partition coefficient (Wildman–Crippen LogP) is 3.46. The molecule has 3 heteroatoms. The van der Waals surface area contributed by atoms with E-state index in [9.17, 15) is 0 Å². The van der Waals surface area contributed by atoms with Crippen molar-refractivity contribution in [2.45, 2.75) is 38.3 Å². The molecule has 0 saturated heterocycles. The Morgan fingerprint density at radius 1 is 1.44 bits per heavy atom. The second kappa shape index (κ2) is 4.76. The van der Waals surface area contributed by atoms with Crippen LogP contribution in [0, 0.1) is 0 Å². The highest BCUT2D eigenvalue weighted by Gasteiger charge is 2.23. The van der Waals surface area contributed by atoms with Crippen LogP contribution in [0.4, 0.5) is 5.69 Å². The smallest absolute Gasteiger partial charge is 0.0510 e. The number of halogens is 1. The Kier molecular flexibility index (Phi) is 3.55. The van der Waals surface area contributed by atoms with Gasteiger partial charge in [-0.15, -0.1) is 0 Å². The average molecular weight is 283 g/mol. The van der Waals surface area contributed by atoms with Crippen LogP contribution in [0.1, 0.15) is 37.8 Å². The number of rotatable bonds is 3. The first-order valence-electron chi connectivity index (χ1n) is 5.87. The molecule has 0 unspecified atom stereocenters. The normalized spacial score (nSPS) is 18.0. The summed E-state index contributed by atoms with van der Waals surface area (Å²) < 4.78 is 1.15. The number of nitrogens with zero attached hydrogens (tertiary/aromatic N) is 1. The number of anilines is 1. The van der Waals surface area contributed by atoms with E-state index in [1.165, 1.54) is 30.5 Å². The maximum Gasteiger partial charge on any atom is 0.0510 e. The van der Waals surface area contributed by atoms with E-state index in [1.54, 1.807) is 0 Å². The molecule has 2 rings (SSSR count). The van der Waals surface area contributed by atoms with Gasteiger partial charge in [0.25, 0.3) is 0 Å². The van der Waals surface area contributed by atoms with Gasteiger partial charge >= 0.3 is 0 Å². The molecule has 0 aromatic heterocycles. The highest BCUT2D eigenvalue weighted by Crippen LogP contribution is 2.34. The number of hydrogen-bond donors (Lipinski definition) is 1. The minimum absolute atomic E-state index is 0.0966. The van der Waals surface area contributed by atoms with Crippen molar-refractivity contribution in [1.29, 1.82) is 0 Å². The van der Waals surface area contributed by atoms with Crippen LogP contribution in [0.5, 0.6) is 0 Å². The monoisotopic (exact) mass is 282 g/mol. The van der Waals surface area contributed by atoms with Gasteiger partial charge in [-0.05, 0) is 59.8 Å². The molecule has 0 spiro atoms. The fourth-order valence-corrected chi connectivity index (χ4v) is 2.74. The van der Waals surface area contributed by atoms with Crippen molar-refractivity contribution in [1.82, 2.24) is 0 Å². The van der Waals surface area contributed by atoms with Crippen molar-refractivity contribution in [2.75, 3.05) is 11.9 Å². The summed E-state index contributed by atoms with van der Waals surface area (Å²) in [6, 6.07) is 7.24. The zero-order valence-corrected chi connectivity index (χ0v) is 11.5. The van der Waals surface area contributed by atoms with E-state index in [-0.39, 0.29) is 6.04 Å². The summed E-state index contributed by atoms with van der Waals surface area (Å²) in [7, 11) is 2.18. The van der Waals surface area contributed by atoms with Crippen molar-refractivity contribution in [3.63, 3.8) is 0 Å². The van der Waals surface area contributed by atoms with E-state index < -0.39 is 0 Å². The topological polar surface area (TPSA) is 29.3 Å². The van der Waals surface area contributed by atoms with E-state index in [1.807, 2.05) is 6.92 Å². The molecule has 1 aliphatic rings. The van der Waals surface area contributed by atoms with E-state index >= 15 is 0 Å². The largest absolute Gasteiger partial charge is 0.371 e. The minimum atomic E-state index is 0.0966. The van der Waals surface area contributed by atoms with Crippen LogP contribution in [0.3, 0.4) is 0 Å². The van der Waals surface area contributed by atoms with Gasteiger partial charge in [-0.3, -0.25) is 0 Å². The molecule has 0 amide bonds. The van der Waals surface area contributed by atoms with Gasteiger partial charge in [-0.25, -0.2) is 0 Å². The maximum atomic E-state index is 5.87. The summed E-state index contributed by atoms with van der Waals surface area (Å²) >= 11 is 3.64. The van der Waals surface area contributed by atoms with Crippen LogP contribution in [0.25, 0.3) is 0 Å². The Morgan fingerprint density at radius 2 is 2.12 bits per heavy atom. The molecule has 0 bridgehead atoms. The fourth-order valence-electron chi connectivity index (χ4n) is 2.06. The number of nitrogens with two attached hydrogens (primary N) is 1. The molecule has 0 aliphatic heterocycles. The maximum absolute atomic E-state index is 5.87. The van der Waals surface area contributed by atoms with Crippen LogP contribution in [0.2, 0.25) is 0 Å². The molecule has 2 N–H and O–H groups in total. The van der Waals surface area contributed by atoms with Crippen LogP contribution >= 0.6 is 15.9 Å². The molecule has 1 atom stereocenters. The van der Waals surface area contributed by atoms with Crippen LogP contribution in [-0.4, -0.2) is 13.1 Å². The second-order valence-electron chi connectivity index (χ2n) is 4.70. The Hall–Kier alpha value is -0.540. The summed E-state index contributed by atoms with van der Waals surface area (Å²) in [6.07, 6.45) is 4.00. The van der Waals surface area contributed by atoms with Gasteiger partial charge in [0.05, 0.1) is 5.69 Å². The standard InChI is InChI=1S/C13H19BrN2/c1-9(15)10-6-7-13(12(14)8-10)16(2)11-4-3-5-11/h6-9,11H,3-5,15H2,1-2H3/t9-/m0/s1. The molecule has 1 fully saturated rings. The lowest BCUT2D eigenvalue weighted by Crippen LogP contribution is -2.37. The lowest BCUT2D eigenvalue weighted by atomic mass is 9.91. The Bertz CT molecular complexity index is 372. The van der Waals surface area contributed by atoms with Crippen LogP contribution < -0.4 is 10.6 Å². The Balaban J connectivity index is 2.21. The summed E-state index contributed by atoms with van der Waals surface area (Å²) in [5, 5.41) is 0. The van der Waals surface area contributed by atoms with Gasteiger partial charge in [-0.1, -0.05) is 6.07 Å². The van der Waals surface area contributed by atoms with E-state index in [2.05, 4.69) is 46.1 Å². The third-order valence-corrected chi connectivity index (χ3v) is 4.14. The van der Waals surface area contributed by atoms with E-state index in [4.69, 9.17) is 5.73 Å². The molecule has 2 nitrogen and oxygen atoms in total. The van der Waals surface area contributed by atoms with E-state index in [0.717, 1.165) is 10.5 Å². The van der Waals surface area contributed by atoms with E-state index in [0.29, 0.717) is 0 Å². The summed E-state index contributed by atoms with van der Waals surface area (Å²) in [5.74, 6) is 0. The van der Waals surface area contributed by atoms with Crippen molar-refractivity contribution >= 4 is 21.6 Å². The minimum Gasteiger partial charge on any atom is -0.371 e. The first-order valence-corrected chi connectivity index (χ1v) is 6.66. The zero-order chi connectivity index (χ0) is 11.7. The highest BCUT2D eigenvalue weighted by molar-refractivity contribution is 9.10. The molecule has 1 aromatic rings. The fraction of sp³-hybridized carbons (Fsp3) is 0.538. The third-order valence-electron chi connectivity index (χ3n) is 3.50. The predicted molar refractivity (Wildman–Crippen MR) is 72.8 cm³/mol. The molecular weight excluding hydrogens is 264 g/mol. The summed E-state index contributed by atoms with van der Waals surface area (Å²) in [5.41, 5.74) is 8.32. The lowest BCUT2D eigenvalue weighted by Gasteiger charge is -2.37. The summed E-state index contributed by atoms with van der Waals surface area (Å²) in [6.45, 7) is 2.01. The van der Waals surface area contributed by atoms with Crippen molar-refractivity contribution in [3.05, 3.63) is 28.2 Å². The SMILES string of the molecule is C[C@H](N)c1ccc(N(C)C2CCC2)c(Br)c1. The lowest BCUT2D eigenvalue weighted by molar-refractivity contribution is 0.401. The van der Waals surface area contributed by atoms with Gasteiger partial charge in [0.1, 0.15) is 0 Å². The van der Waals surface area contributed by atoms with Gasteiger partial charge in [0.2, 0.25) is 0 Å². The van der Waals surface area contributed by atoms with Crippen LogP contribution in [-0.2, 0) is 0 Å². The van der Waals surface area contributed by atoms with Gasteiger partial charge in [0.15, 0.2) is 0 Å². The van der Waals surface area contributed by atoms with Crippen molar-refractivity contribution in [2.24, 2.45) is 5.73 Å². The molecule has 1 aromatic carbocycles. The highest BCUT2D eigenvalue weighted by atomic mass is 79.9. The van der Waals surface area contributed by atoms with Gasteiger partial charge in [-0.2, -0.15) is 0 Å². The van der Waals surface area contributed by atoms with Crippen molar-refractivity contribution in [3.8, 4) is 0 Å². The van der Waals surface area contributed by atoms with Gasteiger partial charge < -0.3 is 10.6 Å². The van der Waals surface area contributed by atoms with Gasteiger partial charge in [0, 0.05) is 23.6 Å². The molecule has 0 heterocycles. The first kappa shape index (κ1) is 11.9. The van der Waals surface area contributed by atoms with Crippen LogP contribution in [0.15, 0.2) is 22.7 Å². The average Bonchev–Trinajstić information content (AvgIpc) is 2.14. The summed E-state index contributed by atoms with van der Waals surface area (Å²) in [4.78, 5) is 2.37. The molecular formula is C13H19BrN2. The first-order chi connectivity index (χ1) is 7.59. The number of hydrogen-bond acceptors (Lipinski definition) is 2. The molecule has 16 heavy (non-hydrogen) atoms. The molecule has 0 radical (unpaired) electrons. The Labute approximate surface area is 106 Å². The molecule has 1 saturated carbocycles.